The van der Waals surface area contributed by atoms with Gasteiger partial charge in [0.15, 0.2) is 0 Å². The molecule has 6 heteroatoms. The molecule has 0 aromatic heterocycles. The summed E-state index contributed by atoms with van der Waals surface area (Å²) < 4.78 is 13.1. The van der Waals surface area contributed by atoms with Crippen molar-refractivity contribution in [2.45, 2.75) is 32.2 Å². The Hall–Kier alpha value is -1.95. The molecule has 2 N–H and O–H groups in total. The number of carbonyl (C=O) groups excluding carboxylic acids is 1. The highest BCUT2D eigenvalue weighted by Gasteiger charge is 2.25. The highest BCUT2D eigenvalue weighted by Crippen LogP contribution is 2.22. The number of piperazine rings is 1. The van der Waals surface area contributed by atoms with Crippen LogP contribution in [0.5, 0.6) is 0 Å². The summed E-state index contributed by atoms with van der Waals surface area (Å²) in [7, 11) is 0. The van der Waals surface area contributed by atoms with Crippen molar-refractivity contribution in [3.63, 3.8) is 0 Å². The van der Waals surface area contributed by atoms with Crippen molar-refractivity contribution >= 4 is 17.4 Å². The number of anilines is 1. The number of aliphatic carboxylic acids is 1. The summed E-state index contributed by atoms with van der Waals surface area (Å²) in [6.07, 6.45) is 1.82. The lowest BCUT2D eigenvalue weighted by atomic mass is 9.95. The minimum atomic E-state index is -1.05. The molecule has 2 atom stereocenters. The van der Waals surface area contributed by atoms with Crippen molar-refractivity contribution in [1.29, 1.82) is 0 Å². The average Bonchev–Trinajstić information content (AvgIpc) is 2.52. The molecule has 126 valence electrons. The van der Waals surface area contributed by atoms with E-state index < -0.39 is 11.9 Å². The maximum Gasteiger partial charge on any atom is 0.314 e. The predicted octanol–water partition coefficient (Wildman–Crippen LogP) is 2.06. The Morgan fingerprint density at radius 3 is 2.70 bits per heavy atom. The Morgan fingerprint density at radius 1 is 1.39 bits per heavy atom. The molecule has 1 saturated heterocycles. The van der Waals surface area contributed by atoms with Crippen molar-refractivity contribution in [1.82, 2.24) is 5.32 Å². The van der Waals surface area contributed by atoms with Gasteiger partial charge in [-0.05, 0) is 44.0 Å². The molecule has 0 radical (unpaired) electrons. The van der Waals surface area contributed by atoms with Gasteiger partial charge in [0, 0.05) is 31.4 Å². The van der Waals surface area contributed by atoms with Crippen LogP contribution >= 0.6 is 0 Å². The lowest BCUT2D eigenvalue weighted by Gasteiger charge is -2.38. The van der Waals surface area contributed by atoms with Gasteiger partial charge in [-0.1, -0.05) is 6.42 Å². The van der Waals surface area contributed by atoms with Crippen molar-refractivity contribution in [3.8, 4) is 0 Å². The Labute approximate surface area is 135 Å². The number of hydrogen-bond acceptors (Lipinski definition) is 4. The van der Waals surface area contributed by atoms with Crippen molar-refractivity contribution < 1.29 is 19.1 Å². The first kappa shape index (κ1) is 17.4. The maximum absolute atomic E-state index is 13.1. The topological polar surface area (TPSA) is 69.6 Å². The number of rotatable bonds is 7. The number of carboxylic acid groups (broad SMARTS) is 1. The molecule has 1 fully saturated rings. The van der Waals surface area contributed by atoms with E-state index >= 15 is 0 Å². The van der Waals surface area contributed by atoms with E-state index in [9.17, 15) is 14.0 Å². The first-order valence-electron chi connectivity index (χ1n) is 7.95. The monoisotopic (exact) mass is 322 g/mol. The van der Waals surface area contributed by atoms with Gasteiger partial charge in [0.2, 0.25) is 0 Å². The standard InChI is InChI=1S/C17H23FN2O3/c1-12(21)16(17(22)23)4-2-3-15-11-19-9-10-20(15)14-7-5-13(18)6-8-14/h5-8,15-16,19H,2-4,9-11H2,1H3,(H,22,23). The molecule has 0 bridgehead atoms. The third-order valence-electron chi connectivity index (χ3n) is 4.33. The molecular weight excluding hydrogens is 299 g/mol. The molecule has 0 saturated carbocycles. The molecule has 1 aromatic rings. The lowest BCUT2D eigenvalue weighted by Crippen LogP contribution is -2.51. The van der Waals surface area contributed by atoms with E-state index in [1.807, 2.05) is 0 Å². The van der Waals surface area contributed by atoms with Crippen LogP contribution in [-0.2, 0) is 9.59 Å². The summed E-state index contributed by atoms with van der Waals surface area (Å²) in [5.41, 5.74) is 0.972. The molecule has 1 heterocycles. The largest absolute Gasteiger partial charge is 0.481 e. The molecule has 2 rings (SSSR count). The number of benzene rings is 1. The van der Waals surface area contributed by atoms with E-state index in [2.05, 4.69) is 10.2 Å². The molecule has 0 spiro atoms. The van der Waals surface area contributed by atoms with Crippen LogP contribution in [0.2, 0.25) is 0 Å². The summed E-state index contributed by atoms with van der Waals surface area (Å²) >= 11 is 0. The van der Waals surface area contributed by atoms with E-state index in [0.717, 1.165) is 31.7 Å². The molecule has 1 aromatic carbocycles. The fourth-order valence-corrected chi connectivity index (χ4v) is 3.05. The molecule has 23 heavy (non-hydrogen) atoms. The second-order valence-electron chi connectivity index (χ2n) is 5.96. The molecular formula is C17H23FN2O3. The van der Waals surface area contributed by atoms with Gasteiger partial charge in [0.25, 0.3) is 0 Å². The van der Waals surface area contributed by atoms with Gasteiger partial charge in [-0.25, -0.2) is 4.39 Å². The van der Waals surface area contributed by atoms with Gasteiger partial charge in [0.1, 0.15) is 17.5 Å². The van der Waals surface area contributed by atoms with Crippen molar-refractivity contribution in [2.75, 3.05) is 24.5 Å². The van der Waals surface area contributed by atoms with Gasteiger partial charge < -0.3 is 15.3 Å². The van der Waals surface area contributed by atoms with E-state index in [-0.39, 0.29) is 17.6 Å². The summed E-state index contributed by atoms with van der Waals surface area (Å²) in [4.78, 5) is 24.6. The van der Waals surface area contributed by atoms with Crippen LogP contribution in [0.25, 0.3) is 0 Å². The number of Topliss-reactive ketones (excluding diaryl/α,β-unsaturated/α-hetero) is 1. The summed E-state index contributed by atoms with van der Waals surface area (Å²) in [5, 5.41) is 12.4. The van der Waals surface area contributed by atoms with Crippen molar-refractivity contribution in [2.24, 2.45) is 5.92 Å². The Balaban J connectivity index is 1.95. The van der Waals surface area contributed by atoms with Crippen LogP contribution in [0.1, 0.15) is 26.2 Å². The Morgan fingerprint density at radius 2 is 2.09 bits per heavy atom. The zero-order valence-electron chi connectivity index (χ0n) is 13.3. The normalized spacial score (nSPS) is 19.4. The van der Waals surface area contributed by atoms with E-state index in [1.165, 1.54) is 19.1 Å². The Kier molecular flexibility index (Phi) is 6.10. The van der Waals surface area contributed by atoms with E-state index in [0.29, 0.717) is 12.8 Å². The van der Waals surface area contributed by atoms with Crippen LogP contribution in [0.15, 0.2) is 24.3 Å². The lowest BCUT2D eigenvalue weighted by molar-refractivity contribution is -0.146. The number of nitrogens with zero attached hydrogens (tertiary/aromatic N) is 1. The van der Waals surface area contributed by atoms with Gasteiger partial charge in [-0.2, -0.15) is 0 Å². The third kappa shape index (κ3) is 4.76. The predicted molar refractivity (Wildman–Crippen MR) is 86.1 cm³/mol. The fourth-order valence-electron chi connectivity index (χ4n) is 3.05. The van der Waals surface area contributed by atoms with Crippen LogP contribution in [-0.4, -0.2) is 42.5 Å². The summed E-state index contributed by atoms with van der Waals surface area (Å²) in [5.74, 6) is -2.51. The quantitative estimate of drug-likeness (QED) is 0.752. The van der Waals surface area contributed by atoms with E-state index in [4.69, 9.17) is 5.11 Å². The number of ketones is 1. The van der Waals surface area contributed by atoms with Crippen LogP contribution in [0.4, 0.5) is 10.1 Å². The molecule has 0 aliphatic carbocycles. The van der Waals surface area contributed by atoms with Gasteiger partial charge >= 0.3 is 5.97 Å². The number of nitrogens with one attached hydrogen (secondary N) is 1. The molecule has 0 amide bonds. The third-order valence-corrected chi connectivity index (χ3v) is 4.33. The van der Waals surface area contributed by atoms with Crippen molar-refractivity contribution in [3.05, 3.63) is 30.1 Å². The van der Waals surface area contributed by atoms with Crippen LogP contribution in [0, 0.1) is 11.7 Å². The Bertz CT molecular complexity index is 533. The smallest absolute Gasteiger partial charge is 0.314 e. The zero-order valence-corrected chi connectivity index (χ0v) is 13.3. The molecule has 2 unspecified atom stereocenters. The first-order valence-corrected chi connectivity index (χ1v) is 7.95. The number of halogens is 1. The minimum Gasteiger partial charge on any atom is -0.481 e. The van der Waals surface area contributed by atoms with Crippen LogP contribution in [0.3, 0.4) is 0 Å². The SMILES string of the molecule is CC(=O)C(CCCC1CNCCN1c1ccc(F)cc1)C(=O)O. The zero-order chi connectivity index (χ0) is 16.8. The molecule has 1 aliphatic heterocycles. The number of carbonyl (C=O) groups is 2. The van der Waals surface area contributed by atoms with Crippen LogP contribution < -0.4 is 10.2 Å². The fraction of sp³-hybridized carbons (Fsp3) is 0.529. The van der Waals surface area contributed by atoms with Gasteiger partial charge in [-0.3, -0.25) is 9.59 Å². The number of hydrogen-bond donors (Lipinski definition) is 2. The van der Waals surface area contributed by atoms with Gasteiger partial charge in [-0.15, -0.1) is 0 Å². The first-order chi connectivity index (χ1) is 11.0. The second kappa shape index (κ2) is 8.06. The summed E-state index contributed by atoms with van der Waals surface area (Å²) in [6.45, 7) is 3.81. The van der Waals surface area contributed by atoms with E-state index in [1.54, 1.807) is 12.1 Å². The molecule has 5 nitrogen and oxygen atoms in total. The molecule has 1 aliphatic rings. The van der Waals surface area contributed by atoms with Gasteiger partial charge in [0.05, 0.1) is 0 Å². The summed E-state index contributed by atoms with van der Waals surface area (Å²) in [6, 6.07) is 6.65. The average molecular weight is 322 g/mol. The minimum absolute atomic E-state index is 0.218. The second-order valence-corrected chi connectivity index (χ2v) is 5.96. The number of carboxylic acids is 1. The highest BCUT2D eigenvalue weighted by molar-refractivity contribution is 5.96. The highest BCUT2D eigenvalue weighted by atomic mass is 19.1. The maximum atomic E-state index is 13.1.